The molecule has 0 fully saturated rings. The highest BCUT2D eigenvalue weighted by atomic mass is 32.2. The Morgan fingerprint density at radius 2 is 1.68 bits per heavy atom. The molecule has 2 N–H and O–H groups in total. The Morgan fingerprint density at radius 1 is 1.00 bits per heavy atom. The number of amides is 2. The third kappa shape index (κ3) is 6.40. The van der Waals surface area contributed by atoms with Crippen LogP contribution in [0.4, 0.5) is 11.4 Å². The number of aryl methyl sites for hydroxylation is 3. The first-order valence-electron chi connectivity index (χ1n) is 10.5. The van der Waals surface area contributed by atoms with Crippen LogP contribution in [0.2, 0.25) is 0 Å². The van der Waals surface area contributed by atoms with Gasteiger partial charge in [-0.2, -0.15) is 0 Å². The molecule has 0 radical (unpaired) electrons. The molecule has 1 atom stereocenters. The zero-order chi connectivity index (χ0) is 22.4. The molecule has 6 nitrogen and oxygen atoms in total. The minimum atomic E-state index is -0.224. The lowest BCUT2D eigenvalue weighted by molar-refractivity contribution is -0.116. The third-order valence-electron chi connectivity index (χ3n) is 5.04. The van der Waals surface area contributed by atoms with Crippen LogP contribution in [0.15, 0.2) is 30.3 Å². The van der Waals surface area contributed by atoms with Crippen LogP contribution in [0.5, 0.6) is 11.5 Å². The summed E-state index contributed by atoms with van der Waals surface area (Å²) in [5.41, 5.74) is 4.92. The van der Waals surface area contributed by atoms with E-state index >= 15 is 0 Å². The predicted octanol–water partition coefficient (Wildman–Crippen LogP) is 4.86. The molecule has 0 spiro atoms. The predicted molar refractivity (Wildman–Crippen MR) is 126 cm³/mol. The van der Waals surface area contributed by atoms with E-state index in [1.165, 1.54) is 5.56 Å². The summed E-state index contributed by atoms with van der Waals surface area (Å²) in [6.07, 6.45) is 1.14. The number of hydrogen-bond donors (Lipinski definition) is 2. The summed E-state index contributed by atoms with van der Waals surface area (Å²) < 4.78 is 11.0. The number of nitrogens with one attached hydrogen (secondary N) is 2. The number of fused-ring (bicyclic) bond motifs is 1. The molecule has 166 valence electrons. The highest BCUT2D eigenvalue weighted by molar-refractivity contribution is 8.00. The molecule has 1 aliphatic rings. The fourth-order valence-electron chi connectivity index (χ4n) is 3.51. The summed E-state index contributed by atoms with van der Waals surface area (Å²) in [7, 11) is 0. The van der Waals surface area contributed by atoms with Gasteiger partial charge in [-0.3, -0.25) is 9.59 Å². The quantitative estimate of drug-likeness (QED) is 0.571. The van der Waals surface area contributed by atoms with Gasteiger partial charge >= 0.3 is 0 Å². The summed E-state index contributed by atoms with van der Waals surface area (Å²) in [5.74, 6) is 2.01. The van der Waals surface area contributed by atoms with Crippen molar-refractivity contribution in [2.24, 2.45) is 0 Å². The molecule has 0 bridgehead atoms. The van der Waals surface area contributed by atoms with Crippen LogP contribution in [0, 0.1) is 20.8 Å². The van der Waals surface area contributed by atoms with Crippen molar-refractivity contribution in [3.05, 3.63) is 47.0 Å². The zero-order valence-electron chi connectivity index (χ0n) is 18.5. The standard InChI is InChI=1S/C24H30N2O4S/c1-15-12-16(2)23(17(3)13-15)26-22(27)6-5-11-31-18(4)24(28)25-19-7-8-20-21(14-19)30-10-9-29-20/h7-8,12-14,18H,5-6,9-11H2,1-4H3,(H,25,28)(H,26,27). The fraction of sp³-hybridized carbons (Fsp3) is 0.417. The molecule has 2 aromatic rings. The molecule has 3 rings (SSSR count). The Kier molecular flexibility index (Phi) is 7.85. The number of carbonyl (C=O) groups excluding carboxylic acids is 2. The van der Waals surface area contributed by atoms with Crippen molar-refractivity contribution in [1.82, 2.24) is 0 Å². The lowest BCUT2D eigenvalue weighted by atomic mass is 10.0. The van der Waals surface area contributed by atoms with Gasteiger partial charge in [0.25, 0.3) is 0 Å². The number of hydrogen-bond acceptors (Lipinski definition) is 5. The molecular weight excluding hydrogens is 412 g/mol. The van der Waals surface area contributed by atoms with Gasteiger partial charge in [0, 0.05) is 23.9 Å². The van der Waals surface area contributed by atoms with Crippen molar-refractivity contribution in [3.8, 4) is 11.5 Å². The van der Waals surface area contributed by atoms with Gasteiger partial charge in [-0.15, -0.1) is 11.8 Å². The smallest absolute Gasteiger partial charge is 0.237 e. The van der Waals surface area contributed by atoms with Gasteiger partial charge in [0.05, 0.1) is 5.25 Å². The maximum absolute atomic E-state index is 12.5. The Balaban J connectivity index is 1.40. The number of rotatable bonds is 8. The first-order valence-corrected chi connectivity index (χ1v) is 11.6. The van der Waals surface area contributed by atoms with Crippen LogP contribution in [0.3, 0.4) is 0 Å². The van der Waals surface area contributed by atoms with E-state index in [1.807, 2.05) is 33.8 Å². The monoisotopic (exact) mass is 442 g/mol. The van der Waals surface area contributed by atoms with Gasteiger partial charge in [0.15, 0.2) is 11.5 Å². The maximum atomic E-state index is 12.5. The highest BCUT2D eigenvalue weighted by Gasteiger charge is 2.17. The minimum Gasteiger partial charge on any atom is -0.486 e. The van der Waals surface area contributed by atoms with Gasteiger partial charge in [-0.05, 0) is 63.1 Å². The average Bonchev–Trinajstić information content (AvgIpc) is 2.73. The molecule has 1 heterocycles. The van der Waals surface area contributed by atoms with E-state index < -0.39 is 0 Å². The van der Waals surface area contributed by atoms with Crippen molar-refractivity contribution >= 4 is 35.0 Å². The van der Waals surface area contributed by atoms with Crippen LogP contribution in [-0.4, -0.2) is 36.0 Å². The summed E-state index contributed by atoms with van der Waals surface area (Å²) in [6.45, 7) is 8.98. The lowest BCUT2D eigenvalue weighted by Crippen LogP contribution is -2.23. The molecule has 0 saturated heterocycles. The van der Waals surface area contributed by atoms with E-state index in [9.17, 15) is 9.59 Å². The minimum absolute atomic E-state index is 0.00374. The van der Waals surface area contributed by atoms with E-state index in [0.29, 0.717) is 43.2 Å². The van der Waals surface area contributed by atoms with Crippen molar-refractivity contribution in [2.45, 2.75) is 45.8 Å². The highest BCUT2D eigenvalue weighted by Crippen LogP contribution is 2.32. The molecule has 1 aliphatic heterocycles. The van der Waals surface area contributed by atoms with Crippen LogP contribution in [0.25, 0.3) is 0 Å². The second kappa shape index (κ2) is 10.6. The second-order valence-electron chi connectivity index (χ2n) is 7.79. The van der Waals surface area contributed by atoms with Gasteiger partial charge < -0.3 is 20.1 Å². The topological polar surface area (TPSA) is 76.7 Å². The first kappa shape index (κ1) is 23.0. The number of benzene rings is 2. The zero-order valence-corrected chi connectivity index (χ0v) is 19.4. The number of anilines is 2. The normalized spacial score (nSPS) is 13.4. The molecule has 31 heavy (non-hydrogen) atoms. The van der Waals surface area contributed by atoms with Crippen LogP contribution in [0.1, 0.15) is 36.5 Å². The first-order chi connectivity index (χ1) is 14.8. The van der Waals surface area contributed by atoms with E-state index in [2.05, 4.69) is 22.8 Å². The lowest BCUT2D eigenvalue weighted by Gasteiger charge is -2.19. The van der Waals surface area contributed by atoms with Crippen molar-refractivity contribution in [1.29, 1.82) is 0 Å². The Labute approximate surface area is 188 Å². The molecule has 1 unspecified atom stereocenters. The second-order valence-corrected chi connectivity index (χ2v) is 9.23. The van der Waals surface area contributed by atoms with Crippen LogP contribution >= 0.6 is 11.8 Å². The number of thioether (sulfide) groups is 1. The molecule has 2 aromatic carbocycles. The molecule has 7 heteroatoms. The Bertz CT molecular complexity index is 938. The van der Waals surface area contributed by atoms with Crippen molar-refractivity contribution in [3.63, 3.8) is 0 Å². The molecule has 2 amide bonds. The van der Waals surface area contributed by atoms with E-state index in [-0.39, 0.29) is 17.1 Å². The Hall–Kier alpha value is -2.67. The number of ether oxygens (including phenoxy) is 2. The van der Waals surface area contributed by atoms with Crippen molar-refractivity contribution in [2.75, 3.05) is 29.6 Å². The summed E-state index contributed by atoms with van der Waals surface area (Å²) in [4.78, 5) is 24.8. The van der Waals surface area contributed by atoms with E-state index in [0.717, 1.165) is 22.6 Å². The largest absolute Gasteiger partial charge is 0.486 e. The molecule has 0 saturated carbocycles. The summed E-state index contributed by atoms with van der Waals surface area (Å²) in [5, 5.41) is 5.72. The number of carbonyl (C=O) groups is 2. The molecule has 0 aliphatic carbocycles. The molecular formula is C24H30N2O4S. The maximum Gasteiger partial charge on any atom is 0.237 e. The fourth-order valence-corrected chi connectivity index (χ4v) is 4.39. The van der Waals surface area contributed by atoms with Crippen LogP contribution in [-0.2, 0) is 9.59 Å². The molecule has 0 aromatic heterocycles. The van der Waals surface area contributed by atoms with E-state index in [1.54, 1.807) is 23.9 Å². The van der Waals surface area contributed by atoms with Gasteiger partial charge in [0.2, 0.25) is 11.8 Å². The summed E-state index contributed by atoms with van der Waals surface area (Å²) >= 11 is 1.54. The van der Waals surface area contributed by atoms with E-state index in [4.69, 9.17) is 9.47 Å². The average molecular weight is 443 g/mol. The Morgan fingerprint density at radius 3 is 2.39 bits per heavy atom. The van der Waals surface area contributed by atoms with Gasteiger partial charge in [-0.25, -0.2) is 0 Å². The van der Waals surface area contributed by atoms with Gasteiger partial charge in [-0.1, -0.05) is 17.7 Å². The summed E-state index contributed by atoms with van der Waals surface area (Å²) in [6, 6.07) is 9.53. The van der Waals surface area contributed by atoms with Gasteiger partial charge in [0.1, 0.15) is 13.2 Å². The van der Waals surface area contributed by atoms with Crippen molar-refractivity contribution < 1.29 is 19.1 Å². The van der Waals surface area contributed by atoms with Crippen LogP contribution < -0.4 is 20.1 Å². The third-order valence-corrected chi connectivity index (χ3v) is 6.27. The SMILES string of the molecule is Cc1cc(C)c(NC(=O)CCCSC(C)C(=O)Nc2ccc3c(c2)OCCO3)c(C)c1.